The minimum atomic E-state index is -0.827. The Morgan fingerprint density at radius 2 is 1.40 bits per heavy atom. The van der Waals surface area contributed by atoms with Crippen molar-refractivity contribution in [3.05, 3.63) is 0 Å². The Morgan fingerprint density at radius 3 is 1.98 bits per heavy atom. The summed E-state index contributed by atoms with van der Waals surface area (Å²) < 4.78 is 0. The Kier molecular flexibility index (Phi) is 16.8. The number of nitrogens with one attached hydrogen (secondary N) is 2. The molecule has 8 nitrogen and oxygen atoms in total. The molecule has 3 fully saturated rings. The molecule has 0 heterocycles. The Balaban J connectivity index is 1.69. The Morgan fingerprint density at radius 1 is 0.822 bits per heavy atom. The normalized spacial score (nSPS) is 24.4. The summed E-state index contributed by atoms with van der Waals surface area (Å²) in [5.41, 5.74) is 3.09. The van der Waals surface area contributed by atoms with Gasteiger partial charge in [0.05, 0.1) is 12.1 Å². The third kappa shape index (κ3) is 12.5. The highest BCUT2D eigenvalue weighted by atomic mass is 16.3. The van der Waals surface area contributed by atoms with Crippen molar-refractivity contribution in [2.75, 3.05) is 26.2 Å². The van der Waals surface area contributed by atoms with Crippen molar-refractivity contribution in [1.82, 2.24) is 20.7 Å². The molecule has 45 heavy (non-hydrogen) atoms. The first-order valence-corrected chi connectivity index (χ1v) is 18.5. The van der Waals surface area contributed by atoms with Crippen LogP contribution < -0.4 is 10.7 Å². The lowest BCUT2D eigenvalue weighted by molar-refractivity contribution is -0.139. The Bertz CT molecular complexity index is 933. The van der Waals surface area contributed by atoms with Crippen LogP contribution in [0.25, 0.3) is 0 Å². The summed E-state index contributed by atoms with van der Waals surface area (Å²) in [5.74, 6) is 3.06. The number of carbonyl (C=O) groups is 3. The van der Waals surface area contributed by atoms with Crippen LogP contribution in [0.3, 0.4) is 0 Å². The number of aliphatic hydroxyl groups is 1. The van der Waals surface area contributed by atoms with Crippen molar-refractivity contribution in [2.24, 2.45) is 29.6 Å². The topological polar surface area (TPSA) is 102 Å². The van der Waals surface area contributed by atoms with Crippen LogP contribution in [0.15, 0.2) is 0 Å². The van der Waals surface area contributed by atoms with Gasteiger partial charge in [0.25, 0.3) is 0 Å². The minimum absolute atomic E-state index is 0.0221. The summed E-state index contributed by atoms with van der Waals surface area (Å²) >= 11 is 0. The van der Waals surface area contributed by atoms with Crippen LogP contribution >= 0.6 is 0 Å². The number of terminal acetylenes is 1. The SMILES string of the molecule is C#CC1CC(C(=O)NC(CC2CCCCC2)C(O)CN(CCC)NC(=O)CC2CCCCC2)CC(C(=O)N(CCC)CCC)C1. The summed E-state index contributed by atoms with van der Waals surface area (Å²) in [7, 11) is 0. The molecule has 3 saturated carbocycles. The zero-order valence-electron chi connectivity index (χ0n) is 28.7. The summed E-state index contributed by atoms with van der Waals surface area (Å²) in [5, 5.41) is 16.8. The van der Waals surface area contributed by atoms with E-state index in [1.165, 1.54) is 38.5 Å². The maximum atomic E-state index is 13.9. The number of rotatable bonds is 17. The van der Waals surface area contributed by atoms with Gasteiger partial charge < -0.3 is 15.3 Å². The molecule has 0 saturated heterocycles. The van der Waals surface area contributed by atoms with Gasteiger partial charge in [-0.1, -0.05) is 72.1 Å². The van der Waals surface area contributed by atoms with Crippen molar-refractivity contribution in [1.29, 1.82) is 0 Å². The zero-order valence-corrected chi connectivity index (χ0v) is 28.7. The third-order valence-electron chi connectivity index (χ3n) is 10.4. The van der Waals surface area contributed by atoms with Crippen LogP contribution in [0.5, 0.6) is 0 Å². The van der Waals surface area contributed by atoms with Crippen molar-refractivity contribution in [3.8, 4) is 12.3 Å². The maximum Gasteiger partial charge on any atom is 0.234 e. The smallest absolute Gasteiger partial charge is 0.234 e. The van der Waals surface area contributed by atoms with E-state index in [9.17, 15) is 19.5 Å². The van der Waals surface area contributed by atoms with E-state index in [1.54, 1.807) is 0 Å². The van der Waals surface area contributed by atoms with Crippen LogP contribution in [-0.2, 0) is 14.4 Å². The molecule has 0 radical (unpaired) electrons. The molecule has 0 spiro atoms. The fourth-order valence-corrected chi connectivity index (χ4v) is 8.09. The minimum Gasteiger partial charge on any atom is -0.390 e. The standard InChI is InChI=1S/C37H64N4O4/c1-5-19-40(20-6-2)37(45)32-23-28(8-4)22-31(26-32)36(44)38-33(24-29-15-11-9-12-16-29)34(42)27-41(21-7-3)39-35(43)25-30-17-13-10-14-18-30/h4,28-34,42H,5-7,9-27H2,1-3H3,(H,38,44)(H,39,43). The van der Waals surface area contributed by atoms with Crippen LogP contribution in [-0.4, -0.2) is 71.1 Å². The first-order valence-electron chi connectivity index (χ1n) is 18.5. The molecule has 5 atom stereocenters. The average molecular weight is 629 g/mol. The summed E-state index contributed by atoms with van der Waals surface area (Å²) in [4.78, 5) is 42.4. The number of amides is 3. The number of nitrogens with zero attached hydrogens (tertiary/aromatic N) is 2. The summed E-state index contributed by atoms with van der Waals surface area (Å²) in [6.07, 6.45) is 22.4. The molecule has 3 N–H and O–H groups in total. The van der Waals surface area contributed by atoms with E-state index >= 15 is 0 Å². The molecule has 8 heteroatoms. The molecule has 0 bridgehead atoms. The molecule has 0 aromatic carbocycles. The fraction of sp³-hybridized carbons (Fsp3) is 0.865. The van der Waals surface area contributed by atoms with E-state index in [1.807, 2.05) is 9.91 Å². The van der Waals surface area contributed by atoms with Gasteiger partial charge in [0.1, 0.15) is 0 Å². The average Bonchev–Trinajstić information content (AvgIpc) is 3.04. The molecule has 256 valence electrons. The fourth-order valence-electron chi connectivity index (χ4n) is 8.09. The second kappa shape index (κ2) is 20.2. The van der Waals surface area contributed by atoms with E-state index in [0.717, 1.165) is 64.5 Å². The zero-order chi connectivity index (χ0) is 32.6. The van der Waals surface area contributed by atoms with E-state index in [2.05, 4.69) is 37.4 Å². The second-order valence-electron chi connectivity index (χ2n) is 14.4. The summed E-state index contributed by atoms with van der Waals surface area (Å²) in [6.45, 7) is 8.59. The summed E-state index contributed by atoms with van der Waals surface area (Å²) in [6, 6.07) is -0.424. The van der Waals surface area contributed by atoms with Crippen LogP contribution in [0.2, 0.25) is 0 Å². The lowest BCUT2D eigenvalue weighted by atomic mass is 9.74. The van der Waals surface area contributed by atoms with Gasteiger partial charge >= 0.3 is 0 Å². The molecular weight excluding hydrogens is 564 g/mol. The Hall–Kier alpha value is -2.11. The highest BCUT2D eigenvalue weighted by molar-refractivity contribution is 5.83. The second-order valence-corrected chi connectivity index (χ2v) is 14.4. The van der Waals surface area contributed by atoms with Gasteiger partial charge in [-0.2, -0.15) is 0 Å². The molecule has 3 aliphatic rings. The van der Waals surface area contributed by atoms with Gasteiger partial charge in [-0.3, -0.25) is 19.8 Å². The third-order valence-corrected chi connectivity index (χ3v) is 10.4. The quantitative estimate of drug-likeness (QED) is 0.139. The van der Waals surface area contributed by atoms with E-state index in [-0.39, 0.29) is 42.0 Å². The largest absolute Gasteiger partial charge is 0.390 e. The number of carbonyl (C=O) groups excluding carboxylic acids is 3. The van der Waals surface area contributed by atoms with E-state index < -0.39 is 12.1 Å². The van der Waals surface area contributed by atoms with Gasteiger partial charge in [0.15, 0.2) is 0 Å². The van der Waals surface area contributed by atoms with Gasteiger partial charge in [-0.15, -0.1) is 12.3 Å². The number of aliphatic hydroxyl groups excluding tert-OH is 1. The Labute approximate surface area is 274 Å². The number of hydrazine groups is 1. The highest BCUT2D eigenvalue weighted by Crippen LogP contribution is 2.35. The van der Waals surface area contributed by atoms with Crippen LogP contribution in [0.4, 0.5) is 0 Å². The van der Waals surface area contributed by atoms with Gasteiger partial charge in [-0.05, 0) is 69.6 Å². The molecule has 3 amide bonds. The van der Waals surface area contributed by atoms with Crippen molar-refractivity contribution < 1.29 is 19.5 Å². The molecule has 0 aromatic heterocycles. The van der Waals surface area contributed by atoms with E-state index in [4.69, 9.17) is 6.42 Å². The lowest BCUT2D eigenvalue weighted by Crippen LogP contribution is -2.54. The van der Waals surface area contributed by atoms with Crippen LogP contribution in [0.1, 0.15) is 136 Å². The van der Waals surface area contributed by atoms with Crippen molar-refractivity contribution >= 4 is 17.7 Å². The molecular formula is C37H64N4O4. The van der Waals surface area contributed by atoms with Gasteiger partial charge in [0, 0.05) is 50.4 Å². The van der Waals surface area contributed by atoms with Crippen molar-refractivity contribution in [3.63, 3.8) is 0 Å². The first kappa shape index (κ1) is 37.3. The molecule has 3 rings (SSSR count). The monoisotopic (exact) mass is 628 g/mol. The number of hydrogen-bond acceptors (Lipinski definition) is 5. The maximum absolute atomic E-state index is 13.9. The molecule has 5 unspecified atom stereocenters. The van der Waals surface area contributed by atoms with Crippen molar-refractivity contribution in [2.45, 2.75) is 148 Å². The number of hydrogen-bond donors (Lipinski definition) is 3. The van der Waals surface area contributed by atoms with Crippen LogP contribution in [0, 0.1) is 41.9 Å². The van der Waals surface area contributed by atoms with Gasteiger partial charge in [0.2, 0.25) is 17.7 Å². The molecule has 3 aliphatic carbocycles. The molecule has 0 aliphatic heterocycles. The first-order chi connectivity index (χ1) is 21.8. The molecule has 0 aromatic rings. The highest BCUT2D eigenvalue weighted by Gasteiger charge is 2.38. The van der Waals surface area contributed by atoms with Gasteiger partial charge in [-0.25, -0.2) is 5.01 Å². The van der Waals surface area contributed by atoms with E-state index in [0.29, 0.717) is 44.1 Å². The lowest BCUT2D eigenvalue weighted by Gasteiger charge is -2.37. The predicted molar refractivity (Wildman–Crippen MR) is 181 cm³/mol. The predicted octanol–water partition coefficient (Wildman–Crippen LogP) is 5.83.